The van der Waals surface area contributed by atoms with Crippen molar-refractivity contribution < 1.29 is 18.7 Å². The predicted octanol–water partition coefficient (Wildman–Crippen LogP) is 2.46. The molecule has 0 radical (unpaired) electrons. The molecule has 0 fully saturated rings. The molecule has 0 aliphatic rings. The van der Waals surface area contributed by atoms with Crippen molar-refractivity contribution >= 4 is 11.9 Å². The van der Waals surface area contributed by atoms with E-state index >= 15 is 0 Å². The molecule has 1 amide bonds. The normalized spacial score (nSPS) is 13.3. The Morgan fingerprint density at radius 3 is 2.67 bits per heavy atom. The van der Waals surface area contributed by atoms with Crippen LogP contribution in [-0.2, 0) is 20.7 Å². The third kappa shape index (κ3) is 5.94. The molecule has 0 saturated carbocycles. The molecule has 0 aliphatic carbocycles. The molecule has 2 unspecified atom stereocenters. The summed E-state index contributed by atoms with van der Waals surface area (Å²) in [6, 6.07) is 6.10. The van der Waals surface area contributed by atoms with E-state index in [1.54, 1.807) is 19.1 Å². The molecule has 1 aromatic carbocycles. The molecule has 1 rings (SSSR count). The highest BCUT2D eigenvalue weighted by molar-refractivity contribution is 5.83. The van der Waals surface area contributed by atoms with Gasteiger partial charge in [0.15, 0.2) is 6.10 Å². The molecule has 0 bridgehead atoms. The molecule has 4 nitrogen and oxygen atoms in total. The second kappa shape index (κ2) is 8.39. The molecular weight excluding hydrogens is 273 g/mol. The lowest BCUT2D eigenvalue weighted by molar-refractivity contribution is -0.158. The number of ether oxygens (including phenoxy) is 1. The zero-order valence-electron chi connectivity index (χ0n) is 12.7. The second-order valence-corrected chi connectivity index (χ2v) is 5.11. The Balaban J connectivity index is 2.49. The topological polar surface area (TPSA) is 55.4 Å². The average molecular weight is 295 g/mol. The summed E-state index contributed by atoms with van der Waals surface area (Å²) in [5.74, 6) is -1.53. The smallest absolute Gasteiger partial charge is 0.309 e. The third-order valence-electron chi connectivity index (χ3n) is 3.04. The summed E-state index contributed by atoms with van der Waals surface area (Å²) in [5, 5.41) is 2.67. The first kappa shape index (κ1) is 17.1. The Morgan fingerprint density at radius 1 is 1.33 bits per heavy atom. The summed E-state index contributed by atoms with van der Waals surface area (Å²) in [6.07, 6.45) is 0.376. The summed E-state index contributed by atoms with van der Waals surface area (Å²) in [6.45, 7) is 5.74. The number of halogens is 1. The number of nitrogens with one attached hydrogen (secondary N) is 1. The summed E-state index contributed by atoms with van der Waals surface area (Å²) < 4.78 is 18.2. The Hall–Kier alpha value is -1.91. The van der Waals surface area contributed by atoms with Gasteiger partial charge in [0.25, 0.3) is 5.91 Å². The fourth-order valence-electron chi connectivity index (χ4n) is 1.84. The lowest BCUT2D eigenvalue weighted by atomic mass is 10.0. The highest BCUT2D eigenvalue weighted by Crippen LogP contribution is 2.12. The maximum atomic E-state index is 13.1. The van der Waals surface area contributed by atoms with Crippen LogP contribution in [0, 0.1) is 11.7 Å². The number of amides is 1. The van der Waals surface area contributed by atoms with Gasteiger partial charge in [0.05, 0.1) is 5.92 Å². The van der Waals surface area contributed by atoms with E-state index in [2.05, 4.69) is 5.32 Å². The van der Waals surface area contributed by atoms with Crippen LogP contribution < -0.4 is 5.32 Å². The van der Waals surface area contributed by atoms with Crippen molar-refractivity contribution in [3.8, 4) is 0 Å². The fourth-order valence-corrected chi connectivity index (χ4v) is 1.84. The number of hydrogen-bond donors (Lipinski definition) is 1. The highest BCUT2D eigenvalue weighted by Gasteiger charge is 2.21. The van der Waals surface area contributed by atoms with Crippen molar-refractivity contribution in [1.29, 1.82) is 0 Å². The molecule has 1 aromatic rings. The minimum Gasteiger partial charge on any atom is -0.452 e. The van der Waals surface area contributed by atoms with Crippen LogP contribution in [0.2, 0.25) is 0 Å². The third-order valence-corrected chi connectivity index (χ3v) is 3.04. The maximum Gasteiger partial charge on any atom is 0.309 e. The zero-order valence-corrected chi connectivity index (χ0v) is 12.7. The Labute approximate surface area is 124 Å². The lowest BCUT2D eigenvalue weighted by Gasteiger charge is -2.16. The molecule has 0 spiro atoms. The van der Waals surface area contributed by atoms with Crippen LogP contribution >= 0.6 is 0 Å². The summed E-state index contributed by atoms with van der Waals surface area (Å²) >= 11 is 0. The Kier molecular flexibility index (Phi) is 6.85. The van der Waals surface area contributed by atoms with Crippen LogP contribution in [0.1, 0.15) is 32.8 Å². The van der Waals surface area contributed by atoms with Crippen molar-refractivity contribution in [2.75, 3.05) is 6.54 Å². The molecule has 21 heavy (non-hydrogen) atoms. The number of hydrogen-bond acceptors (Lipinski definition) is 3. The monoisotopic (exact) mass is 295 g/mol. The van der Waals surface area contributed by atoms with Crippen LogP contribution in [0.5, 0.6) is 0 Å². The van der Waals surface area contributed by atoms with Gasteiger partial charge in [0.1, 0.15) is 5.82 Å². The van der Waals surface area contributed by atoms with E-state index in [0.29, 0.717) is 13.0 Å². The largest absolute Gasteiger partial charge is 0.452 e. The lowest BCUT2D eigenvalue weighted by Crippen LogP contribution is -2.37. The SMILES string of the molecule is CCCNC(=O)C(C)OC(=O)C(C)Cc1cccc(F)c1. The van der Waals surface area contributed by atoms with Gasteiger partial charge in [-0.25, -0.2) is 4.39 Å². The predicted molar refractivity (Wildman–Crippen MR) is 78.1 cm³/mol. The van der Waals surface area contributed by atoms with Gasteiger partial charge >= 0.3 is 5.97 Å². The first-order valence-corrected chi connectivity index (χ1v) is 7.16. The quantitative estimate of drug-likeness (QED) is 0.786. The highest BCUT2D eigenvalue weighted by atomic mass is 19.1. The first-order chi connectivity index (χ1) is 9.93. The van der Waals surface area contributed by atoms with Crippen LogP contribution in [0.4, 0.5) is 4.39 Å². The number of carbonyl (C=O) groups is 2. The van der Waals surface area contributed by atoms with Crippen molar-refractivity contribution in [1.82, 2.24) is 5.32 Å². The van der Waals surface area contributed by atoms with Gasteiger partial charge < -0.3 is 10.1 Å². The van der Waals surface area contributed by atoms with E-state index in [9.17, 15) is 14.0 Å². The Morgan fingerprint density at radius 2 is 2.05 bits per heavy atom. The van der Waals surface area contributed by atoms with Crippen LogP contribution in [-0.4, -0.2) is 24.5 Å². The Bertz CT molecular complexity index is 490. The summed E-state index contributed by atoms with van der Waals surface area (Å²) in [7, 11) is 0. The minimum atomic E-state index is -0.820. The van der Waals surface area contributed by atoms with Crippen molar-refractivity contribution in [2.45, 2.75) is 39.7 Å². The fraction of sp³-hybridized carbons (Fsp3) is 0.500. The van der Waals surface area contributed by atoms with Crippen LogP contribution in [0.25, 0.3) is 0 Å². The number of carbonyl (C=O) groups excluding carboxylic acids is 2. The summed E-state index contributed by atoms with van der Waals surface area (Å²) in [5.41, 5.74) is 0.725. The van der Waals surface area contributed by atoms with E-state index < -0.39 is 18.0 Å². The number of benzene rings is 1. The van der Waals surface area contributed by atoms with Crippen molar-refractivity contribution in [3.63, 3.8) is 0 Å². The van der Waals surface area contributed by atoms with Crippen LogP contribution in [0.15, 0.2) is 24.3 Å². The zero-order chi connectivity index (χ0) is 15.8. The van der Waals surface area contributed by atoms with Gasteiger partial charge in [-0.1, -0.05) is 26.0 Å². The van der Waals surface area contributed by atoms with E-state index in [0.717, 1.165) is 12.0 Å². The van der Waals surface area contributed by atoms with Crippen molar-refractivity contribution in [3.05, 3.63) is 35.6 Å². The van der Waals surface area contributed by atoms with E-state index in [1.807, 2.05) is 6.92 Å². The number of rotatable bonds is 7. The minimum absolute atomic E-state index is 0.303. The molecular formula is C16H22FNO3. The average Bonchev–Trinajstić information content (AvgIpc) is 2.44. The van der Waals surface area contributed by atoms with Crippen LogP contribution in [0.3, 0.4) is 0 Å². The molecule has 0 aliphatic heterocycles. The summed E-state index contributed by atoms with van der Waals surface area (Å²) in [4.78, 5) is 23.6. The molecule has 2 atom stereocenters. The molecule has 5 heteroatoms. The van der Waals surface area contributed by atoms with Gasteiger partial charge in [-0.05, 0) is 37.5 Å². The first-order valence-electron chi connectivity index (χ1n) is 7.16. The molecule has 1 N–H and O–H groups in total. The van der Waals surface area contributed by atoms with Gasteiger partial charge in [0, 0.05) is 6.54 Å². The van der Waals surface area contributed by atoms with Gasteiger partial charge in [-0.2, -0.15) is 0 Å². The number of esters is 1. The van der Waals surface area contributed by atoms with Gasteiger partial charge in [0.2, 0.25) is 0 Å². The van der Waals surface area contributed by atoms with Crippen molar-refractivity contribution in [2.24, 2.45) is 5.92 Å². The van der Waals surface area contributed by atoms with Gasteiger partial charge in [-0.3, -0.25) is 9.59 Å². The molecule has 0 saturated heterocycles. The maximum absolute atomic E-state index is 13.1. The standard InChI is InChI=1S/C16H22FNO3/c1-4-8-18-15(19)12(3)21-16(20)11(2)9-13-6-5-7-14(17)10-13/h5-7,10-12H,4,8-9H2,1-3H3,(H,18,19). The van der Waals surface area contributed by atoms with E-state index in [1.165, 1.54) is 19.1 Å². The molecule has 0 aromatic heterocycles. The van der Waals surface area contributed by atoms with E-state index in [4.69, 9.17) is 4.74 Å². The second-order valence-electron chi connectivity index (χ2n) is 5.11. The van der Waals surface area contributed by atoms with Gasteiger partial charge in [-0.15, -0.1) is 0 Å². The molecule has 0 heterocycles. The van der Waals surface area contributed by atoms with E-state index in [-0.39, 0.29) is 11.7 Å². The molecule has 116 valence electrons.